The number of carbonyl (C=O) groups is 1. The molecule has 0 spiro atoms. The molecule has 0 radical (unpaired) electrons. The molecule has 1 aliphatic rings. The summed E-state index contributed by atoms with van der Waals surface area (Å²) in [5.41, 5.74) is 2.72. The second-order valence-corrected chi connectivity index (χ2v) is 5.44. The highest BCUT2D eigenvalue weighted by Gasteiger charge is 2.12. The Labute approximate surface area is 139 Å². The van der Waals surface area contributed by atoms with Crippen molar-refractivity contribution < 1.29 is 18.7 Å². The molecule has 2 aromatic rings. The Hall–Kier alpha value is -2.66. The molecule has 0 unspecified atom stereocenters. The fourth-order valence-corrected chi connectivity index (χ4v) is 2.50. The van der Waals surface area contributed by atoms with Gasteiger partial charge in [-0.05, 0) is 35.8 Å². The fraction of sp³-hybridized carbons (Fsp3) is 0.211. The Bertz CT molecular complexity index is 744. The number of hydrogen-bond donors (Lipinski definition) is 1. The van der Waals surface area contributed by atoms with E-state index in [2.05, 4.69) is 5.32 Å². The lowest BCUT2D eigenvalue weighted by Crippen LogP contribution is -2.14. The Morgan fingerprint density at radius 1 is 1.21 bits per heavy atom. The maximum Gasteiger partial charge on any atom is 0.411 e. The van der Waals surface area contributed by atoms with Gasteiger partial charge >= 0.3 is 6.09 Å². The third kappa shape index (κ3) is 4.20. The lowest BCUT2D eigenvalue weighted by Gasteiger charge is -2.15. The third-order valence-corrected chi connectivity index (χ3v) is 3.74. The van der Waals surface area contributed by atoms with Gasteiger partial charge in [0.25, 0.3) is 0 Å². The predicted molar refractivity (Wildman–Crippen MR) is 90.1 cm³/mol. The summed E-state index contributed by atoms with van der Waals surface area (Å²) in [6.07, 6.45) is 1.95. The first-order valence-corrected chi connectivity index (χ1v) is 7.77. The Kier molecular flexibility index (Phi) is 5.23. The molecule has 0 atom stereocenters. The topological polar surface area (TPSA) is 47.6 Å². The number of carbonyl (C=O) groups excluding carboxylic acids is 1. The predicted octanol–water partition coefficient (Wildman–Crippen LogP) is 4.38. The molecule has 24 heavy (non-hydrogen) atoms. The molecule has 1 aliphatic heterocycles. The zero-order chi connectivity index (χ0) is 16.8. The van der Waals surface area contributed by atoms with Gasteiger partial charge in [0.2, 0.25) is 0 Å². The van der Waals surface area contributed by atoms with Crippen molar-refractivity contribution in [2.45, 2.75) is 13.0 Å². The lowest BCUT2D eigenvalue weighted by atomic mass is 10.0. The van der Waals surface area contributed by atoms with Crippen LogP contribution in [0.15, 0.2) is 54.6 Å². The molecule has 4 nitrogen and oxygen atoms in total. The number of rotatable bonds is 4. The van der Waals surface area contributed by atoms with E-state index in [1.54, 1.807) is 12.1 Å². The van der Waals surface area contributed by atoms with Crippen molar-refractivity contribution in [3.05, 3.63) is 71.6 Å². The van der Waals surface area contributed by atoms with Crippen molar-refractivity contribution in [2.75, 3.05) is 18.5 Å². The van der Waals surface area contributed by atoms with Gasteiger partial charge in [0.15, 0.2) is 0 Å². The molecule has 2 aromatic carbocycles. The van der Waals surface area contributed by atoms with Crippen molar-refractivity contribution in [1.82, 2.24) is 0 Å². The van der Waals surface area contributed by atoms with Crippen LogP contribution in [0.1, 0.15) is 17.5 Å². The van der Waals surface area contributed by atoms with E-state index >= 15 is 0 Å². The summed E-state index contributed by atoms with van der Waals surface area (Å²) in [5.74, 6) is -0.371. The minimum atomic E-state index is -0.615. The first-order valence-electron chi connectivity index (χ1n) is 7.77. The lowest BCUT2D eigenvalue weighted by molar-refractivity contribution is 0.155. The van der Waals surface area contributed by atoms with Gasteiger partial charge in [0, 0.05) is 11.3 Å². The van der Waals surface area contributed by atoms with E-state index in [1.807, 2.05) is 36.4 Å². The molecule has 5 heteroatoms. The standard InChI is InChI=1S/C19H18FNO3/c20-18-12-16(6-7-17(18)15-8-10-23-11-9-15)21-19(22)24-13-14-4-2-1-3-5-14/h1-8,12H,9-11,13H2,(H,21,22). The van der Waals surface area contributed by atoms with Gasteiger partial charge in [-0.3, -0.25) is 5.32 Å². The van der Waals surface area contributed by atoms with Gasteiger partial charge in [-0.2, -0.15) is 0 Å². The average Bonchev–Trinajstić information content (AvgIpc) is 2.62. The summed E-state index contributed by atoms with van der Waals surface area (Å²) in [6, 6.07) is 14.0. The number of nitrogens with one attached hydrogen (secondary N) is 1. The maximum atomic E-state index is 14.3. The highest BCUT2D eigenvalue weighted by molar-refractivity contribution is 5.85. The fourth-order valence-electron chi connectivity index (χ4n) is 2.50. The van der Waals surface area contributed by atoms with Crippen LogP contribution in [-0.2, 0) is 16.1 Å². The quantitative estimate of drug-likeness (QED) is 0.906. The minimum Gasteiger partial charge on any atom is -0.444 e. The highest BCUT2D eigenvalue weighted by atomic mass is 19.1. The number of benzene rings is 2. The van der Waals surface area contributed by atoms with E-state index in [0.29, 0.717) is 30.9 Å². The number of ether oxygens (including phenoxy) is 2. The third-order valence-electron chi connectivity index (χ3n) is 3.74. The van der Waals surface area contributed by atoms with Crippen molar-refractivity contribution in [2.24, 2.45) is 0 Å². The molecular formula is C19H18FNO3. The van der Waals surface area contributed by atoms with Crippen LogP contribution >= 0.6 is 0 Å². The summed E-state index contributed by atoms with van der Waals surface area (Å²) in [7, 11) is 0. The Morgan fingerprint density at radius 2 is 2.04 bits per heavy atom. The van der Waals surface area contributed by atoms with Gasteiger partial charge in [-0.1, -0.05) is 36.4 Å². The molecule has 0 fully saturated rings. The molecule has 0 bridgehead atoms. The number of amides is 1. The van der Waals surface area contributed by atoms with Crippen molar-refractivity contribution in [3.63, 3.8) is 0 Å². The number of hydrogen-bond acceptors (Lipinski definition) is 3. The second-order valence-electron chi connectivity index (χ2n) is 5.44. The van der Waals surface area contributed by atoms with E-state index in [-0.39, 0.29) is 12.4 Å². The van der Waals surface area contributed by atoms with E-state index in [0.717, 1.165) is 11.1 Å². The van der Waals surface area contributed by atoms with Gasteiger partial charge in [-0.25, -0.2) is 9.18 Å². The molecule has 0 aliphatic carbocycles. The van der Waals surface area contributed by atoms with Crippen LogP contribution in [0, 0.1) is 5.82 Å². The average molecular weight is 327 g/mol. The molecule has 0 saturated carbocycles. The molecule has 3 rings (SSSR count). The van der Waals surface area contributed by atoms with E-state index in [1.165, 1.54) is 6.07 Å². The van der Waals surface area contributed by atoms with Gasteiger partial charge < -0.3 is 9.47 Å². The monoisotopic (exact) mass is 327 g/mol. The molecule has 1 N–H and O–H groups in total. The number of halogens is 1. The molecule has 0 saturated heterocycles. The summed E-state index contributed by atoms with van der Waals surface area (Å²) >= 11 is 0. The maximum absolute atomic E-state index is 14.3. The van der Waals surface area contributed by atoms with Crippen LogP contribution in [0.2, 0.25) is 0 Å². The van der Waals surface area contributed by atoms with Gasteiger partial charge in [0.05, 0.1) is 13.2 Å². The second kappa shape index (κ2) is 7.75. The van der Waals surface area contributed by atoms with E-state index in [9.17, 15) is 9.18 Å². The Morgan fingerprint density at radius 3 is 2.75 bits per heavy atom. The summed E-state index contributed by atoms with van der Waals surface area (Å²) < 4.78 is 24.6. The highest BCUT2D eigenvalue weighted by Crippen LogP contribution is 2.26. The summed E-state index contributed by atoms with van der Waals surface area (Å²) in [4.78, 5) is 11.8. The van der Waals surface area contributed by atoms with Crippen LogP contribution in [0.5, 0.6) is 0 Å². The molecule has 1 amide bonds. The van der Waals surface area contributed by atoms with Crippen LogP contribution in [-0.4, -0.2) is 19.3 Å². The largest absolute Gasteiger partial charge is 0.444 e. The molecule has 1 heterocycles. The van der Waals surface area contributed by atoms with Crippen molar-refractivity contribution >= 4 is 17.4 Å². The first kappa shape index (κ1) is 16.2. The van der Waals surface area contributed by atoms with E-state index in [4.69, 9.17) is 9.47 Å². The summed E-state index contributed by atoms with van der Waals surface area (Å²) in [6.45, 7) is 1.26. The SMILES string of the molecule is O=C(Nc1ccc(C2=CCOCC2)c(F)c1)OCc1ccccc1. The van der Waals surface area contributed by atoms with Crippen molar-refractivity contribution in [1.29, 1.82) is 0 Å². The van der Waals surface area contributed by atoms with Crippen LogP contribution in [0.25, 0.3) is 5.57 Å². The van der Waals surface area contributed by atoms with Crippen LogP contribution in [0.3, 0.4) is 0 Å². The van der Waals surface area contributed by atoms with Crippen LogP contribution in [0.4, 0.5) is 14.9 Å². The molecular weight excluding hydrogens is 309 g/mol. The van der Waals surface area contributed by atoms with Gasteiger partial charge in [-0.15, -0.1) is 0 Å². The normalized spacial score (nSPS) is 14.0. The minimum absolute atomic E-state index is 0.167. The first-order chi connectivity index (χ1) is 11.7. The Balaban J connectivity index is 1.60. The zero-order valence-corrected chi connectivity index (χ0v) is 13.1. The smallest absolute Gasteiger partial charge is 0.411 e. The van der Waals surface area contributed by atoms with E-state index < -0.39 is 6.09 Å². The number of anilines is 1. The zero-order valence-electron chi connectivity index (χ0n) is 13.1. The van der Waals surface area contributed by atoms with Crippen LogP contribution < -0.4 is 5.32 Å². The molecule has 124 valence electrons. The molecule has 0 aromatic heterocycles. The summed E-state index contributed by atoms with van der Waals surface area (Å²) in [5, 5.41) is 2.54. The van der Waals surface area contributed by atoms with Gasteiger partial charge in [0.1, 0.15) is 12.4 Å². The van der Waals surface area contributed by atoms with Crippen molar-refractivity contribution in [3.8, 4) is 0 Å².